The van der Waals surface area contributed by atoms with Gasteiger partial charge in [-0.05, 0) is 24.6 Å². The van der Waals surface area contributed by atoms with Crippen molar-refractivity contribution in [1.29, 1.82) is 0 Å². The summed E-state index contributed by atoms with van der Waals surface area (Å²) in [7, 11) is 1.08. The number of rotatable bonds is 6. The molecule has 2 N–H and O–H groups in total. The minimum Gasteiger partial charge on any atom is -0.357 e. The van der Waals surface area contributed by atoms with Crippen LogP contribution in [0.5, 0.6) is 0 Å². The van der Waals surface area contributed by atoms with Gasteiger partial charge in [-0.15, -0.1) is 24.0 Å². The number of alkyl halides is 3. The van der Waals surface area contributed by atoms with Crippen LogP contribution in [0.4, 0.5) is 17.6 Å². The first kappa shape index (κ1) is 23.4. The van der Waals surface area contributed by atoms with Gasteiger partial charge in [0.25, 0.3) is 0 Å². The second-order valence-corrected chi connectivity index (χ2v) is 5.04. The number of guanidine groups is 1. The monoisotopic (exact) mass is 476 g/mol. The third kappa shape index (κ3) is 10.1. The smallest absolute Gasteiger partial charge is 0.357 e. The van der Waals surface area contributed by atoms with Crippen molar-refractivity contribution in [3.63, 3.8) is 0 Å². The molecule has 1 aromatic carbocycles. The first-order chi connectivity index (χ1) is 11.2. The van der Waals surface area contributed by atoms with E-state index in [1.165, 1.54) is 12.1 Å². The number of nitrogens with zero attached hydrogens (tertiary/aromatic N) is 2. The Hall–Kier alpha value is -1.59. The van der Waals surface area contributed by atoms with E-state index < -0.39 is 18.6 Å². The molecule has 1 amide bonds. The molecule has 1 aromatic rings. The quantitative estimate of drug-likeness (QED) is 0.287. The lowest BCUT2D eigenvalue weighted by Gasteiger charge is -2.20. The molecule has 0 aliphatic carbocycles. The lowest BCUT2D eigenvalue weighted by atomic mass is 10.2. The van der Waals surface area contributed by atoms with Crippen molar-refractivity contribution in [3.8, 4) is 0 Å². The number of halogens is 5. The Morgan fingerprint density at radius 2 is 1.80 bits per heavy atom. The van der Waals surface area contributed by atoms with Crippen molar-refractivity contribution in [2.45, 2.75) is 19.6 Å². The van der Waals surface area contributed by atoms with E-state index in [1.807, 2.05) is 6.92 Å². The molecular weight excluding hydrogens is 455 g/mol. The van der Waals surface area contributed by atoms with Gasteiger partial charge in [0.05, 0.1) is 13.1 Å². The minimum absolute atomic E-state index is 0. The standard InChI is InChI=1S/C15H20F4N4O.HI/c1-3-20-14(21-8-11-4-6-12(16)7-5-11)22-9-13(24)23(2)10-15(17,18)19;/h4-7H,3,8-10H2,1-2H3,(H2,20,21,22);1H. The van der Waals surface area contributed by atoms with Crippen LogP contribution in [0, 0.1) is 5.82 Å². The third-order valence-corrected chi connectivity index (χ3v) is 2.93. The highest BCUT2D eigenvalue weighted by atomic mass is 127. The highest BCUT2D eigenvalue weighted by molar-refractivity contribution is 14.0. The molecule has 0 spiro atoms. The van der Waals surface area contributed by atoms with Gasteiger partial charge in [0.2, 0.25) is 5.91 Å². The first-order valence-corrected chi connectivity index (χ1v) is 7.28. The molecule has 0 unspecified atom stereocenters. The van der Waals surface area contributed by atoms with E-state index in [9.17, 15) is 22.4 Å². The van der Waals surface area contributed by atoms with Crippen LogP contribution in [0.3, 0.4) is 0 Å². The summed E-state index contributed by atoms with van der Waals surface area (Å²) in [6.07, 6.45) is -4.44. The topological polar surface area (TPSA) is 56.7 Å². The Kier molecular flexibility index (Phi) is 10.4. The van der Waals surface area contributed by atoms with Crippen molar-refractivity contribution >= 4 is 35.8 Å². The maximum Gasteiger partial charge on any atom is 0.406 e. The summed E-state index contributed by atoms with van der Waals surface area (Å²) in [6, 6.07) is 5.76. The van der Waals surface area contributed by atoms with Gasteiger partial charge in [-0.3, -0.25) is 4.79 Å². The summed E-state index contributed by atoms with van der Waals surface area (Å²) < 4.78 is 49.6. The molecule has 0 bridgehead atoms. The largest absolute Gasteiger partial charge is 0.406 e. The first-order valence-electron chi connectivity index (χ1n) is 7.28. The molecule has 0 saturated heterocycles. The zero-order chi connectivity index (χ0) is 18.2. The molecule has 0 aromatic heterocycles. The molecule has 0 saturated carbocycles. The van der Waals surface area contributed by atoms with Crippen molar-refractivity contribution in [1.82, 2.24) is 15.5 Å². The number of carbonyl (C=O) groups is 1. The van der Waals surface area contributed by atoms with Crippen molar-refractivity contribution in [2.75, 3.05) is 26.7 Å². The van der Waals surface area contributed by atoms with E-state index in [-0.39, 0.29) is 48.8 Å². The lowest BCUT2D eigenvalue weighted by molar-refractivity contribution is -0.157. The normalized spacial score (nSPS) is 11.5. The van der Waals surface area contributed by atoms with Gasteiger partial charge in [0.1, 0.15) is 12.4 Å². The zero-order valence-electron chi connectivity index (χ0n) is 13.9. The van der Waals surface area contributed by atoms with Crippen LogP contribution in [0.2, 0.25) is 0 Å². The van der Waals surface area contributed by atoms with Crippen LogP contribution in [-0.2, 0) is 11.3 Å². The Labute approximate surface area is 160 Å². The van der Waals surface area contributed by atoms with E-state index in [4.69, 9.17) is 0 Å². The highest BCUT2D eigenvalue weighted by Gasteiger charge is 2.31. The molecule has 0 radical (unpaired) electrons. The number of likely N-dealkylation sites (N-methyl/N-ethyl adjacent to an activating group) is 1. The predicted molar refractivity (Wildman–Crippen MR) is 98.3 cm³/mol. The molecule has 1 rings (SSSR count). The SMILES string of the molecule is CCNC(=NCc1ccc(F)cc1)NCC(=O)N(C)CC(F)(F)F.I. The Morgan fingerprint density at radius 3 is 2.32 bits per heavy atom. The second-order valence-electron chi connectivity index (χ2n) is 5.04. The maximum absolute atomic E-state index is 12.8. The molecule has 0 heterocycles. The fourth-order valence-electron chi connectivity index (χ4n) is 1.75. The molecular formula is C15H21F4IN4O. The van der Waals surface area contributed by atoms with E-state index in [0.717, 1.165) is 12.6 Å². The van der Waals surface area contributed by atoms with Crippen molar-refractivity contribution < 1.29 is 22.4 Å². The summed E-state index contributed by atoms with van der Waals surface area (Å²) in [5.74, 6) is -0.777. The summed E-state index contributed by atoms with van der Waals surface area (Å²) in [4.78, 5) is 16.5. The van der Waals surface area contributed by atoms with Crippen LogP contribution >= 0.6 is 24.0 Å². The average molecular weight is 476 g/mol. The van der Waals surface area contributed by atoms with Gasteiger partial charge in [-0.25, -0.2) is 9.38 Å². The molecule has 0 aliphatic rings. The summed E-state index contributed by atoms with van der Waals surface area (Å²) in [5.41, 5.74) is 0.758. The molecule has 0 fully saturated rings. The Morgan fingerprint density at radius 1 is 1.20 bits per heavy atom. The van der Waals surface area contributed by atoms with Crippen LogP contribution in [0.1, 0.15) is 12.5 Å². The Bertz CT molecular complexity index is 564. The number of amides is 1. The average Bonchev–Trinajstić information content (AvgIpc) is 2.49. The highest BCUT2D eigenvalue weighted by Crippen LogP contribution is 2.15. The zero-order valence-corrected chi connectivity index (χ0v) is 16.2. The number of nitrogens with one attached hydrogen (secondary N) is 2. The molecule has 142 valence electrons. The number of aliphatic imine (C=N–C) groups is 1. The number of hydrogen-bond donors (Lipinski definition) is 2. The predicted octanol–water partition coefficient (Wildman–Crippen LogP) is 2.52. The summed E-state index contributed by atoms with van der Waals surface area (Å²) in [5, 5.41) is 5.55. The van der Waals surface area contributed by atoms with Gasteiger partial charge in [-0.1, -0.05) is 12.1 Å². The number of carbonyl (C=O) groups excluding carboxylic acids is 1. The molecule has 0 aliphatic heterocycles. The van der Waals surface area contributed by atoms with Gasteiger partial charge in [0.15, 0.2) is 5.96 Å². The Balaban J connectivity index is 0.00000576. The van der Waals surface area contributed by atoms with Gasteiger partial charge < -0.3 is 15.5 Å². The summed E-state index contributed by atoms with van der Waals surface area (Å²) in [6.45, 7) is 0.940. The van der Waals surface area contributed by atoms with Gasteiger partial charge >= 0.3 is 6.18 Å². The van der Waals surface area contributed by atoms with Gasteiger partial charge in [0, 0.05) is 13.6 Å². The lowest BCUT2D eigenvalue weighted by Crippen LogP contribution is -2.45. The molecule has 25 heavy (non-hydrogen) atoms. The molecule has 0 atom stereocenters. The van der Waals surface area contributed by atoms with E-state index in [0.29, 0.717) is 11.4 Å². The fourth-order valence-corrected chi connectivity index (χ4v) is 1.75. The van der Waals surface area contributed by atoms with Crippen molar-refractivity contribution in [3.05, 3.63) is 35.6 Å². The summed E-state index contributed by atoms with van der Waals surface area (Å²) >= 11 is 0. The van der Waals surface area contributed by atoms with E-state index >= 15 is 0 Å². The van der Waals surface area contributed by atoms with Crippen molar-refractivity contribution in [2.24, 2.45) is 4.99 Å². The molecule has 10 heteroatoms. The van der Waals surface area contributed by atoms with Gasteiger partial charge in [-0.2, -0.15) is 13.2 Å². The van der Waals surface area contributed by atoms with Crippen LogP contribution in [0.25, 0.3) is 0 Å². The second kappa shape index (κ2) is 11.1. The number of benzene rings is 1. The third-order valence-electron chi connectivity index (χ3n) is 2.93. The van der Waals surface area contributed by atoms with E-state index in [1.54, 1.807) is 12.1 Å². The maximum atomic E-state index is 12.8. The molecule has 5 nitrogen and oxygen atoms in total. The minimum atomic E-state index is -4.44. The fraction of sp³-hybridized carbons (Fsp3) is 0.467. The van der Waals surface area contributed by atoms with Crippen LogP contribution < -0.4 is 10.6 Å². The van der Waals surface area contributed by atoms with Crippen LogP contribution in [0.15, 0.2) is 29.3 Å². The number of hydrogen-bond acceptors (Lipinski definition) is 2. The van der Waals surface area contributed by atoms with Crippen LogP contribution in [-0.4, -0.2) is 49.6 Å². The van der Waals surface area contributed by atoms with E-state index in [2.05, 4.69) is 15.6 Å².